The Morgan fingerprint density at radius 3 is 2.59 bits per heavy atom. The molecule has 0 spiro atoms. The van der Waals surface area contributed by atoms with Gasteiger partial charge in [0.15, 0.2) is 12.2 Å². The topological polar surface area (TPSA) is 118 Å². The fourth-order valence-electron chi connectivity index (χ4n) is 4.29. The summed E-state index contributed by atoms with van der Waals surface area (Å²) >= 11 is 0. The average Bonchev–Trinajstić information content (AvgIpc) is 3.33. The van der Waals surface area contributed by atoms with Gasteiger partial charge in [-0.25, -0.2) is 9.59 Å². The normalized spacial score (nSPS) is 36.4. The van der Waals surface area contributed by atoms with E-state index >= 15 is 0 Å². The molecule has 0 saturated carbocycles. The van der Waals surface area contributed by atoms with Gasteiger partial charge in [-0.15, -0.1) is 0 Å². The molecular formula is C23H30O9. The summed E-state index contributed by atoms with van der Waals surface area (Å²) in [6.07, 6.45) is -0.720. The smallest absolute Gasteiger partial charge is 0.337 e. The zero-order valence-electron chi connectivity index (χ0n) is 19.0. The van der Waals surface area contributed by atoms with Crippen LogP contribution in [0.25, 0.3) is 0 Å². The molecule has 2 saturated heterocycles. The summed E-state index contributed by atoms with van der Waals surface area (Å²) in [5.41, 5.74) is -0.486. The number of methoxy groups -OCH3 is 1. The van der Waals surface area contributed by atoms with E-state index in [1.165, 1.54) is 14.0 Å². The number of ether oxygens (including phenoxy) is 5. The molecular weight excluding hydrogens is 420 g/mol. The number of epoxide rings is 1. The lowest BCUT2D eigenvalue weighted by atomic mass is 9.80. The lowest BCUT2D eigenvalue weighted by Crippen LogP contribution is -2.48. The van der Waals surface area contributed by atoms with E-state index in [-0.39, 0.29) is 11.1 Å². The largest absolute Gasteiger partial charge is 0.466 e. The molecule has 0 amide bonds. The van der Waals surface area contributed by atoms with Gasteiger partial charge in [-0.05, 0) is 26.2 Å². The van der Waals surface area contributed by atoms with Crippen molar-refractivity contribution in [3.63, 3.8) is 0 Å². The summed E-state index contributed by atoms with van der Waals surface area (Å²) in [7, 11) is 1.21. The lowest BCUT2D eigenvalue weighted by Gasteiger charge is -2.34. The Morgan fingerprint density at radius 2 is 2.00 bits per heavy atom. The Bertz CT molecular complexity index is 860. The van der Waals surface area contributed by atoms with Crippen LogP contribution in [0.15, 0.2) is 23.8 Å². The highest BCUT2D eigenvalue weighted by Crippen LogP contribution is 2.50. The minimum Gasteiger partial charge on any atom is -0.466 e. The summed E-state index contributed by atoms with van der Waals surface area (Å²) < 4.78 is 27.7. The highest BCUT2D eigenvalue weighted by Gasteiger charge is 2.64. The highest BCUT2D eigenvalue weighted by atomic mass is 16.7. The second kappa shape index (κ2) is 9.05. The first-order valence-electron chi connectivity index (χ1n) is 10.8. The van der Waals surface area contributed by atoms with Gasteiger partial charge in [0.25, 0.3) is 0 Å². The molecule has 1 aliphatic carbocycles. The molecule has 176 valence electrons. The van der Waals surface area contributed by atoms with Gasteiger partial charge in [0.2, 0.25) is 0 Å². The van der Waals surface area contributed by atoms with Gasteiger partial charge in [0.05, 0.1) is 30.1 Å². The van der Waals surface area contributed by atoms with Crippen molar-refractivity contribution in [2.75, 3.05) is 7.11 Å². The van der Waals surface area contributed by atoms with Crippen LogP contribution in [-0.4, -0.2) is 61.0 Å². The second-order valence-corrected chi connectivity index (χ2v) is 8.70. The minimum atomic E-state index is -1.31. The molecule has 0 bridgehead atoms. The van der Waals surface area contributed by atoms with Gasteiger partial charge >= 0.3 is 23.9 Å². The summed E-state index contributed by atoms with van der Waals surface area (Å²) in [6.45, 7) is 10.5. The van der Waals surface area contributed by atoms with Crippen LogP contribution in [0.5, 0.6) is 0 Å². The van der Waals surface area contributed by atoms with E-state index in [0.717, 1.165) is 0 Å². The van der Waals surface area contributed by atoms with E-state index < -0.39 is 65.7 Å². The predicted octanol–water partition coefficient (Wildman–Crippen LogP) is 2.02. The van der Waals surface area contributed by atoms with E-state index in [4.69, 9.17) is 23.7 Å². The van der Waals surface area contributed by atoms with Crippen molar-refractivity contribution in [3.05, 3.63) is 23.8 Å². The molecule has 0 N–H and O–H groups in total. The average molecular weight is 450 g/mol. The van der Waals surface area contributed by atoms with Crippen LogP contribution >= 0.6 is 0 Å². The number of esters is 4. The Labute approximate surface area is 187 Å². The number of hydrogen-bond donors (Lipinski definition) is 0. The summed E-state index contributed by atoms with van der Waals surface area (Å²) in [5.74, 6) is -3.95. The zero-order valence-corrected chi connectivity index (χ0v) is 19.0. The van der Waals surface area contributed by atoms with Gasteiger partial charge in [-0.3, -0.25) is 9.59 Å². The SMILES string of the molecule is C=C1C(=O)O[C@@H]2[C@H]1C(OC(=O)C(C)CC)[C@H](OC(C)=O)/C(C(=O)OC)=C\CC[C@]1(C)O[C@H]21. The molecule has 9 heteroatoms. The molecule has 7 atom stereocenters. The zero-order chi connectivity index (χ0) is 23.8. The first-order valence-corrected chi connectivity index (χ1v) is 10.8. The Kier molecular flexibility index (Phi) is 6.78. The Balaban J connectivity index is 2.15. The van der Waals surface area contributed by atoms with Gasteiger partial charge in [-0.2, -0.15) is 0 Å². The number of hydrogen-bond acceptors (Lipinski definition) is 9. The minimum absolute atomic E-state index is 0.0262. The van der Waals surface area contributed by atoms with E-state index in [0.29, 0.717) is 19.3 Å². The van der Waals surface area contributed by atoms with Crippen molar-refractivity contribution >= 4 is 23.9 Å². The van der Waals surface area contributed by atoms with Crippen LogP contribution in [-0.2, 0) is 42.9 Å². The van der Waals surface area contributed by atoms with Crippen molar-refractivity contribution in [1.29, 1.82) is 0 Å². The third-order valence-electron chi connectivity index (χ3n) is 6.45. The van der Waals surface area contributed by atoms with Crippen LogP contribution in [0.3, 0.4) is 0 Å². The molecule has 0 aromatic heterocycles. The standard InChI is InChI=1S/C23H30O9/c1-7-11(2)20(25)30-17-15-12(3)21(26)31-18(15)19-23(5,32-19)10-8-9-14(22(27)28-6)16(17)29-13(4)24/h9,11,15-19H,3,7-8,10H2,1-2,4-6H3/b14-9+/t11?,15-,16-,17?,18-,19-,23+/m1/s1. The molecule has 2 unspecified atom stereocenters. The van der Waals surface area contributed by atoms with Crippen LogP contribution in [0.4, 0.5) is 0 Å². The van der Waals surface area contributed by atoms with Gasteiger partial charge in [0, 0.05) is 12.5 Å². The van der Waals surface area contributed by atoms with Crippen LogP contribution in [0.1, 0.15) is 47.0 Å². The van der Waals surface area contributed by atoms with Crippen molar-refractivity contribution in [2.24, 2.45) is 11.8 Å². The quantitative estimate of drug-likeness (QED) is 0.268. The fraction of sp³-hybridized carbons (Fsp3) is 0.652. The Morgan fingerprint density at radius 1 is 1.31 bits per heavy atom. The first-order chi connectivity index (χ1) is 15.0. The maximum absolute atomic E-state index is 12.8. The van der Waals surface area contributed by atoms with E-state index in [9.17, 15) is 19.2 Å². The molecule has 2 fully saturated rings. The molecule has 32 heavy (non-hydrogen) atoms. The number of rotatable bonds is 5. The van der Waals surface area contributed by atoms with Crippen molar-refractivity contribution < 1.29 is 42.9 Å². The summed E-state index contributed by atoms with van der Waals surface area (Å²) in [6, 6.07) is 0. The third-order valence-corrected chi connectivity index (χ3v) is 6.45. The maximum atomic E-state index is 12.8. The Hall–Kier alpha value is -2.68. The van der Waals surface area contributed by atoms with E-state index in [1.54, 1.807) is 13.0 Å². The van der Waals surface area contributed by atoms with Gasteiger partial charge in [-0.1, -0.05) is 26.5 Å². The van der Waals surface area contributed by atoms with Crippen LogP contribution < -0.4 is 0 Å². The number of carbonyl (C=O) groups excluding carboxylic acids is 4. The van der Waals surface area contributed by atoms with Gasteiger partial charge < -0.3 is 23.7 Å². The van der Waals surface area contributed by atoms with E-state index in [2.05, 4.69) is 6.58 Å². The number of allylic oxidation sites excluding steroid dienone is 1. The number of fused-ring (bicyclic) bond motifs is 3. The third kappa shape index (κ3) is 4.44. The van der Waals surface area contributed by atoms with Gasteiger partial charge in [0.1, 0.15) is 12.2 Å². The van der Waals surface area contributed by atoms with Crippen molar-refractivity contribution in [2.45, 2.75) is 77.0 Å². The van der Waals surface area contributed by atoms with Crippen molar-refractivity contribution in [1.82, 2.24) is 0 Å². The monoisotopic (exact) mass is 450 g/mol. The predicted molar refractivity (Wildman–Crippen MR) is 110 cm³/mol. The molecule has 3 aliphatic rings. The molecule has 3 rings (SSSR count). The molecule has 0 aromatic carbocycles. The van der Waals surface area contributed by atoms with Crippen LogP contribution in [0.2, 0.25) is 0 Å². The second-order valence-electron chi connectivity index (χ2n) is 8.70. The van der Waals surface area contributed by atoms with Crippen molar-refractivity contribution in [3.8, 4) is 0 Å². The van der Waals surface area contributed by atoms with E-state index in [1.807, 2.05) is 13.8 Å². The molecule has 0 radical (unpaired) electrons. The maximum Gasteiger partial charge on any atom is 0.337 e. The fourth-order valence-corrected chi connectivity index (χ4v) is 4.29. The first kappa shape index (κ1) is 24.0. The summed E-state index contributed by atoms with van der Waals surface area (Å²) in [5, 5.41) is 0. The number of carbonyl (C=O) groups is 4. The molecule has 9 nitrogen and oxygen atoms in total. The lowest BCUT2D eigenvalue weighted by molar-refractivity contribution is -0.174. The molecule has 2 aliphatic heterocycles. The molecule has 0 aromatic rings. The highest BCUT2D eigenvalue weighted by molar-refractivity contribution is 5.92. The molecule has 2 heterocycles. The van der Waals surface area contributed by atoms with Crippen LogP contribution in [0, 0.1) is 11.8 Å². The summed E-state index contributed by atoms with van der Waals surface area (Å²) in [4.78, 5) is 50.0.